The molecule has 0 aromatic heterocycles. The number of rotatable bonds is 5. The third-order valence-corrected chi connectivity index (χ3v) is 4.47. The molecular formula is C17H24N2O3. The van der Waals surface area contributed by atoms with Gasteiger partial charge in [0.2, 0.25) is 5.91 Å². The van der Waals surface area contributed by atoms with Crippen LogP contribution in [0.2, 0.25) is 0 Å². The largest absolute Gasteiger partial charge is 0.481 e. The Bertz CT molecular complexity index is 518. The van der Waals surface area contributed by atoms with E-state index in [9.17, 15) is 9.59 Å². The van der Waals surface area contributed by atoms with E-state index in [-0.39, 0.29) is 24.4 Å². The minimum atomic E-state index is -0.761. The van der Waals surface area contributed by atoms with Crippen molar-refractivity contribution in [3.63, 3.8) is 0 Å². The van der Waals surface area contributed by atoms with Gasteiger partial charge in [-0.3, -0.25) is 14.5 Å². The van der Waals surface area contributed by atoms with Crippen molar-refractivity contribution in [2.24, 2.45) is 5.92 Å². The van der Waals surface area contributed by atoms with Gasteiger partial charge in [-0.25, -0.2) is 0 Å². The van der Waals surface area contributed by atoms with Crippen LogP contribution in [0.5, 0.6) is 0 Å². The van der Waals surface area contributed by atoms with Crippen molar-refractivity contribution in [1.82, 2.24) is 9.80 Å². The molecule has 22 heavy (non-hydrogen) atoms. The average molecular weight is 304 g/mol. The Hall–Kier alpha value is -1.88. The van der Waals surface area contributed by atoms with Gasteiger partial charge in [0.1, 0.15) is 0 Å². The highest BCUT2D eigenvalue weighted by Crippen LogP contribution is 2.20. The fourth-order valence-electron chi connectivity index (χ4n) is 2.87. The van der Waals surface area contributed by atoms with Gasteiger partial charge in [0, 0.05) is 13.6 Å². The zero-order valence-electron chi connectivity index (χ0n) is 13.2. The highest BCUT2D eigenvalue weighted by Gasteiger charge is 2.27. The number of carbonyl (C=O) groups is 2. The lowest BCUT2D eigenvalue weighted by atomic mass is 9.98. The maximum Gasteiger partial charge on any atom is 0.307 e. The zero-order chi connectivity index (χ0) is 16.1. The topological polar surface area (TPSA) is 60.9 Å². The minimum absolute atomic E-state index is 0.00811. The molecule has 1 heterocycles. The second-order valence-electron chi connectivity index (χ2n) is 6.00. The van der Waals surface area contributed by atoms with Gasteiger partial charge in [-0.05, 0) is 31.9 Å². The van der Waals surface area contributed by atoms with Crippen molar-refractivity contribution in [3.8, 4) is 0 Å². The van der Waals surface area contributed by atoms with E-state index in [1.807, 2.05) is 42.2 Å². The summed E-state index contributed by atoms with van der Waals surface area (Å²) in [7, 11) is 1.80. The van der Waals surface area contributed by atoms with Crippen LogP contribution in [0.15, 0.2) is 30.3 Å². The molecule has 0 spiro atoms. The molecule has 1 aromatic rings. The molecule has 1 saturated heterocycles. The molecule has 0 radical (unpaired) electrons. The number of hydrogen-bond donors (Lipinski definition) is 1. The van der Waals surface area contributed by atoms with Gasteiger partial charge in [-0.1, -0.05) is 30.3 Å². The van der Waals surface area contributed by atoms with Crippen LogP contribution in [0, 0.1) is 5.92 Å². The van der Waals surface area contributed by atoms with Crippen molar-refractivity contribution >= 4 is 11.9 Å². The molecule has 2 atom stereocenters. The van der Waals surface area contributed by atoms with Crippen molar-refractivity contribution in [2.75, 3.05) is 26.7 Å². The molecule has 0 saturated carbocycles. The number of piperidine rings is 1. The molecule has 1 fully saturated rings. The van der Waals surface area contributed by atoms with Crippen LogP contribution in [0.1, 0.15) is 31.4 Å². The lowest BCUT2D eigenvalue weighted by molar-refractivity contribution is -0.145. The number of likely N-dealkylation sites (tertiary alicyclic amines) is 1. The van der Waals surface area contributed by atoms with E-state index in [1.165, 1.54) is 0 Å². The Morgan fingerprint density at radius 1 is 1.36 bits per heavy atom. The molecule has 5 nitrogen and oxygen atoms in total. The van der Waals surface area contributed by atoms with Gasteiger partial charge in [-0.15, -0.1) is 0 Å². The number of amides is 1. The molecule has 1 amide bonds. The second kappa shape index (κ2) is 7.40. The first kappa shape index (κ1) is 16.5. The van der Waals surface area contributed by atoms with Crippen molar-refractivity contribution in [1.29, 1.82) is 0 Å². The smallest absolute Gasteiger partial charge is 0.307 e. The molecule has 0 aliphatic carbocycles. The maximum absolute atomic E-state index is 12.4. The van der Waals surface area contributed by atoms with Gasteiger partial charge in [0.15, 0.2) is 0 Å². The molecule has 1 N–H and O–H groups in total. The number of benzene rings is 1. The number of carboxylic acids is 1. The Morgan fingerprint density at radius 3 is 2.68 bits per heavy atom. The summed E-state index contributed by atoms with van der Waals surface area (Å²) in [6.07, 6.45) is 1.54. The predicted molar refractivity (Wildman–Crippen MR) is 84.4 cm³/mol. The molecule has 2 rings (SSSR count). The minimum Gasteiger partial charge on any atom is -0.481 e. The summed E-state index contributed by atoms with van der Waals surface area (Å²) in [4.78, 5) is 27.2. The number of carbonyl (C=O) groups excluding carboxylic acids is 1. The highest BCUT2D eigenvalue weighted by molar-refractivity contribution is 5.78. The second-order valence-corrected chi connectivity index (χ2v) is 6.00. The van der Waals surface area contributed by atoms with Crippen LogP contribution in [0.25, 0.3) is 0 Å². The van der Waals surface area contributed by atoms with Crippen LogP contribution >= 0.6 is 0 Å². The van der Waals surface area contributed by atoms with E-state index in [1.54, 1.807) is 11.9 Å². The molecule has 1 aromatic carbocycles. The fourth-order valence-corrected chi connectivity index (χ4v) is 2.87. The van der Waals surface area contributed by atoms with E-state index in [0.717, 1.165) is 18.5 Å². The van der Waals surface area contributed by atoms with E-state index >= 15 is 0 Å². The van der Waals surface area contributed by atoms with Gasteiger partial charge < -0.3 is 10.0 Å². The molecule has 0 bridgehead atoms. The van der Waals surface area contributed by atoms with E-state index in [4.69, 9.17) is 5.11 Å². The first-order valence-electron chi connectivity index (χ1n) is 7.74. The summed E-state index contributed by atoms with van der Waals surface area (Å²) in [5, 5.41) is 9.11. The molecule has 5 heteroatoms. The molecular weight excluding hydrogens is 280 g/mol. The van der Waals surface area contributed by atoms with E-state index in [0.29, 0.717) is 13.0 Å². The fraction of sp³-hybridized carbons (Fsp3) is 0.529. The van der Waals surface area contributed by atoms with E-state index < -0.39 is 5.97 Å². The maximum atomic E-state index is 12.4. The molecule has 120 valence electrons. The summed E-state index contributed by atoms with van der Waals surface area (Å²) in [5.41, 5.74) is 1.10. The standard InChI is InChI=1S/C17H24N2O3/c1-13(14-7-4-3-5-8-14)18(2)16(20)12-19-10-6-9-15(11-19)17(21)22/h3-5,7-8,13,15H,6,9-12H2,1-2H3,(H,21,22)/t13-,15+/m0/s1. The quantitative estimate of drug-likeness (QED) is 0.904. The van der Waals surface area contributed by atoms with Gasteiger partial charge in [0.05, 0.1) is 18.5 Å². The molecule has 1 aliphatic rings. The Labute approximate surface area is 131 Å². The van der Waals surface area contributed by atoms with Crippen LogP contribution in [-0.2, 0) is 9.59 Å². The first-order chi connectivity index (χ1) is 10.5. The van der Waals surface area contributed by atoms with Crippen LogP contribution in [0.3, 0.4) is 0 Å². The SMILES string of the molecule is C[C@@H](c1ccccc1)N(C)C(=O)CN1CCC[C@@H](C(=O)O)C1. The molecule has 0 unspecified atom stereocenters. The van der Waals surface area contributed by atoms with Crippen LogP contribution < -0.4 is 0 Å². The van der Waals surface area contributed by atoms with Crippen LogP contribution in [-0.4, -0.2) is 53.5 Å². The third-order valence-electron chi connectivity index (χ3n) is 4.47. The van der Waals surface area contributed by atoms with Gasteiger partial charge in [0.25, 0.3) is 0 Å². The van der Waals surface area contributed by atoms with Crippen molar-refractivity contribution < 1.29 is 14.7 Å². The number of hydrogen-bond acceptors (Lipinski definition) is 3. The monoisotopic (exact) mass is 304 g/mol. The summed E-state index contributed by atoms with van der Waals surface area (Å²) in [5.74, 6) is -1.08. The highest BCUT2D eigenvalue weighted by atomic mass is 16.4. The van der Waals surface area contributed by atoms with Crippen molar-refractivity contribution in [2.45, 2.75) is 25.8 Å². The summed E-state index contributed by atoms with van der Waals surface area (Å²) >= 11 is 0. The number of aliphatic carboxylic acids is 1. The number of nitrogens with zero attached hydrogens (tertiary/aromatic N) is 2. The lowest BCUT2D eigenvalue weighted by Gasteiger charge is -2.33. The first-order valence-corrected chi connectivity index (χ1v) is 7.74. The Morgan fingerprint density at radius 2 is 2.05 bits per heavy atom. The summed E-state index contributed by atoms with van der Waals surface area (Å²) in [6.45, 7) is 3.55. The number of likely N-dealkylation sites (N-methyl/N-ethyl adjacent to an activating group) is 1. The van der Waals surface area contributed by atoms with Gasteiger partial charge >= 0.3 is 5.97 Å². The number of carboxylic acid groups (broad SMARTS) is 1. The Balaban J connectivity index is 1.92. The molecule has 1 aliphatic heterocycles. The lowest BCUT2D eigenvalue weighted by Crippen LogP contribution is -2.45. The average Bonchev–Trinajstić information content (AvgIpc) is 2.54. The normalized spacial score (nSPS) is 20.4. The van der Waals surface area contributed by atoms with Crippen LogP contribution in [0.4, 0.5) is 0 Å². The zero-order valence-corrected chi connectivity index (χ0v) is 13.2. The summed E-state index contributed by atoms with van der Waals surface area (Å²) < 4.78 is 0. The predicted octanol–water partition coefficient (Wildman–Crippen LogP) is 2.00. The summed E-state index contributed by atoms with van der Waals surface area (Å²) in [6, 6.07) is 9.91. The Kier molecular flexibility index (Phi) is 5.55. The van der Waals surface area contributed by atoms with E-state index in [2.05, 4.69) is 0 Å². The third kappa shape index (κ3) is 4.07. The van der Waals surface area contributed by atoms with Gasteiger partial charge in [-0.2, -0.15) is 0 Å². The van der Waals surface area contributed by atoms with Crippen molar-refractivity contribution in [3.05, 3.63) is 35.9 Å².